The van der Waals surface area contributed by atoms with Gasteiger partial charge in [-0.15, -0.1) is 0 Å². The van der Waals surface area contributed by atoms with E-state index < -0.39 is 23.2 Å². The Balaban J connectivity index is 0.00000144. The van der Waals surface area contributed by atoms with Crippen LogP contribution >= 0.6 is 0 Å². The molecule has 0 saturated heterocycles. The van der Waals surface area contributed by atoms with Gasteiger partial charge in [-0.25, -0.2) is 0 Å². The van der Waals surface area contributed by atoms with Crippen molar-refractivity contribution in [1.82, 2.24) is 0 Å². The maximum atomic E-state index is 2.55. The van der Waals surface area contributed by atoms with Gasteiger partial charge < -0.3 is 24.8 Å². The zero-order chi connectivity index (χ0) is 11.4. The van der Waals surface area contributed by atoms with Gasteiger partial charge in [-0.3, -0.25) is 0 Å². The van der Waals surface area contributed by atoms with E-state index in [-0.39, 0.29) is 24.8 Å². The van der Waals surface area contributed by atoms with Gasteiger partial charge in [0, 0.05) is 0 Å². The molecule has 2 aliphatic rings. The molecule has 1 atom stereocenters. The molecule has 0 aromatic heterocycles. The summed E-state index contributed by atoms with van der Waals surface area (Å²) in [6, 6.07) is 0. The van der Waals surface area contributed by atoms with Crippen LogP contribution in [0.4, 0.5) is 0 Å². The second-order valence-corrected chi connectivity index (χ2v) is 9.73. The smallest absolute Gasteiger partial charge is 1.00 e. The van der Waals surface area contributed by atoms with Crippen LogP contribution in [-0.4, -0.2) is 0 Å². The summed E-state index contributed by atoms with van der Waals surface area (Å²) in [5, 5.41) is 0. The van der Waals surface area contributed by atoms with Crippen LogP contribution in [0, 0.1) is 0 Å². The molecular weight excluding hydrogens is 342 g/mol. The van der Waals surface area contributed by atoms with E-state index in [1.807, 2.05) is 0 Å². The van der Waals surface area contributed by atoms with Crippen LogP contribution in [0.3, 0.4) is 0 Å². The molecule has 0 aromatic rings. The third-order valence-corrected chi connectivity index (χ3v) is 6.94. The summed E-state index contributed by atoms with van der Waals surface area (Å²) in [4.78, 5) is 0. The second kappa shape index (κ2) is 8.57. The summed E-state index contributed by atoms with van der Waals surface area (Å²) >= 11 is -0.452. The fraction of sp³-hybridized carbons (Fsp3) is 0.467. The zero-order valence-corrected chi connectivity index (χ0v) is 15.0. The minimum atomic E-state index is -0.452. The van der Waals surface area contributed by atoms with Crippen LogP contribution in [0.1, 0.15) is 39.5 Å². The fourth-order valence-corrected chi connectivity index (χ4v) is 5.99. The average Bonchev–Trinajstić information content (AvgIpc) is 2.86. The van der Waals surface area contributed by atoms with Gasteiger partial charge >= 0.3 is 111 Å². The first-order chi connectivity index (χ1) is 7.72. The van der Waals surface area contributed by atoms with Crippen molar-refractivity contribution < 1.29 is 48.0 Å². The molecule has 1 unspecified atom stereocenters. The van der Waals surface area contributed by atoms with Crippen molar-refractivity contribution in [2.75, 3.05) is 0 Å². The molecule has 0 aromatic carbocycles. The zero-order valence-electron chi connectivity index (χ0n) is 11.0. The topological polar surface area (TPSA) is 0 Å². The van der Waals surface area contributed by atoms with Crippen LogP contribution in [0.5, 0.6) is 0 Å². The predicted octanol–water partition coefficient (Wildman–Crippen LogP) is -1.21. The van der Waals surface area contributed by atoms with Crippen molar-refractivity contribution in [1.29, 1.82) is 0 Å². The molecule has 0 aliphatic heterocycles. The monoisotopic (exact) mass is 360 g/mol. The van der Waals surface area contributed by atoms with Gasteiger partial charge in [-0.2, -0.15) is 0 Å². The normalized spacial score (nSPS) is 23.9. The first kappa shape index (κ1) is 18.4. The van der Waals surface area contributed by atoms with E-state index in [9.17, 15) is 0 Å². The van der Waals surface area contributed by atoms with Crippen molar-refractivity contribution in [3.05, 3.63) is 45.3 Å². The molecule has 0 nitrogen and oxygen atoms in total. The Kier molecular flexibility index (Phi) is 8.77. The van der Waals surface area contributed by atoms with Crippen molar-refractivity contribution in [3.8, 4) is 0 Å². The van der Waals surface area contributed by atoms with Gasteiger partial charge in [0.2, 0.25) is 0 Å². The minimum Gasteiger partial charge on any atom is -1.00 e. The van der Waals surface area contributed by atoms with E-state index in [1.54, 1.807) is 8.85 Å². The standard InChI is InChI=1S/C10H15.C5H5.2ClH.Zr/c1-3-4-5-10-7-6-9(2)8-10;1-2-4-5-3-1;;;/h6-8H,3-5H2,1-2H3;1-3H,4H2;2*1H;/q;;;;+2/p-2. The first-order valence-corrected chi connectivity index (χ1v) is 8.72. The van der Waals surface area contributed by atoms with E-state index in [0.29, 0.717) is 3.12 Å². The van der Waals surface area contributed by atoms with Crippen LogP contribution < -0.4 is 24.8 Å². The Morgan fingerprint density at radius 3 is 2.72 bits per heavy atom. The number of hydrogen-bond donors (Lipinski definition) is 0. The molecule has 0 saturated carbocycles. The SMILES string of the molecule is CCCCC1=C[C](C)([Zr+2][C]2=CC=CC2)C=C1.[Cl-].[Cl-]. The Bertz CT molecular complexity index is 380. The van der Waals surface area contributed by atoms with Gasteiger partial charge in [0.25, 0.3) is 0 Å². The molecule has 0 spiro atoms. The number of unbranched alkanes of at least 4 members (excludes halogenated alkanes) is 1. The molecule has 0 bridgehead atoms. The van der Waals surface area contributed by atoms with E-state index in [4.69, 9.17) is 0 Å². The number of rotatable bonds is 5. The van der Waals surface area contributed by atoms with Crippen molar-refractivity contribution in [3.63, 3.8) is 0 Å². The molecule has 0 N–H and O–H groups in total. The molecule has 98 valence electrons. The summed E-state index contributed by atoms with van der Waals surface area (Å²) in [5.74, 6) is 0. The van der Waals surface area contributed by atoms with Gasteiger partial charge in [-0.1, -0.05) is 0 Å². The summed E-state index contributed by atoms with van der Waals surface area (Å²) in [5.41, 5.74) is 1.58. The third kappa shape index (κ3) is 5.19. The van der Waals surface area contributed by atoms with Crippen LogP contribution in [0.15, 0.2) is 45.3 Å². The van der Waals surface area contributed by atoms with Gasteiger partial charge in [0.15, 0.2) is 0 Å². The van der Waals surface area contributed by atoms with E-state index in [0.717, 1.165) is 0 Å². The summed E-state index contributed by atoms with van der Waals surface area (Å²) < 4.78 is 2.19. The molecule has 18 heavy (non-hydrogen) atoms. The minimum absolute atomic E-state index is 0. The quantitative estimate of drug-likeness (QED) is 0.576. The number of hydrogen-bond acceptors (Lipinski definition) is 0. The summed E-state index contributed by atoms with van der Waals surface area (Å²) in [6.07, 6.45) is 19.4. The average molecular weight is 362 g/mol. The van der Waals surface area contributed by atoms with Gasteiger partial charge in [0.05, 0.1) is 0 Å². The molecule has 2 aliphatic carbocycles. The molecule has 0 fully saturated rings. The van der Waals surface area contributed by atoms with Crippen LogP contribution in [0.2, 0.25) is 3.12 Å². The molecule has 0 radical (unpaired) electrons. The first-order valence-electron chi connectivity index (χ1n) is 6.27. The summed E-state index contributed by atoms with van der Waals surface area (Å²) in [7, 11) is 0. The number of halogens is 2. The number of allylic oxidation sites excluding steroid dienone is 8. The molecule has 0 amide bonds. The van der Waals surface area contributed by atoms with Crippen molar-refractivity contribution in [2.45, 2.75) is 42.7 Å². The largest absolute Gasteiger partial charge is 1.00 e. The Morgan fingerprint density at radius 2 is 2.11 bits per heavy atom. The van der Waals surface area contributed by atoms with Crippen LogP contribution in [0.25, 0.3) is 0 Å². The van der Waals surface area contributed by atoms with Gasteiger partial charge in [0.1, 0.15) is 0 Å². The van der Waals surface area contributed by atoms with Crippen molar-refractivity contribution in [2.24, 2.45) is 0 Å². The van der Waals surface area contributed by atoms with E-state index in [2.05, 4.69) is 50.3 Å². The maximum absolute atomic E-state index is 2.55. The van der Waals surface area contributed by atoms with Crippen LogP contribution in [-0.2, 0) is 23.2 Å². The molecule has 0 heterocycles. The molecular formula is C15H20Cl2Zr. The van der Waals surface area contributed by atoms with Crippen molar-refractivity contribution >= 4 is 0 Å². The second-order valence-electron chi connectivity index (χ2n) is 4.89. The van der Waals surface area contributed by atoms with E-state index in [1.165, 1.54) is 25.7 Å². The van der Waals surface area contributed by atoms with E-state index >= 15 is 0 Å². The third-order valence-electron chi connectivity index (χ3n) is 3.15. The Hall–Kier alpha value is 0.423. The van der Waals surface area contributed by atoms with Gasteiger partial charge in [-0.05, 0) is 0 Å². The molecule has 2 rings (SSSR count). The Morgan fingerprint density at radius 1 is 1.33 bits per heavy atom. The molecule has 3 heteroatoms. The summed E-state index contributed by atoms with van der Waals surface area (Å²) in [6.45, 7) is 4.69. The fourth-order valence-electron chi connectivity index (χ4n) is 2.26. The Labute approximate surface area is 135 Å². The maximum Gasteiger partial charge on any atom is -1.00 e. The predicted molar refractivity (Wildman–Crippen MR) is 67.0 cm³/mol.